The van der Waals surface area contributed by atoms with Gasteiger partial charge in [-0.05, 0) is 40.9 Å². The number of hydrogen-bond donors (Lipinski definition) is 1. The Bertz CT molecular complexity index is 224. The fourth-order valence-corrected chi connectivity index (χ4v) is 2.86. The van der Waals surface area contributed by atoms with Gasteiger partial charge in [-0.25, -0.2) is 0 Å². The molecule has 0 spiro atoms. The van der Waals surface area contributed by atoms with Crippen LogP contribution in [-0.2, 0) is 0 Å². The molecule has 0 aromatic carbocycles. The van der Waals surface area contributed by atoms with Crippen molar-refractivity contribution in [1.29, 1.82) is 0 Å². The molecule has 19 heavy (non-hydrogen) atoms. The van der Waals surface area contributed by atoms with E-state index in [1.807, 2.05) is 0 Å². The standard InChI is InChI=1S/C15H34N4/c1-6-16-14(2)13-15(3)19-11-9-18(10-12-19)8-7-17(4)5/h14-16H,6-13H2,1-5H3. The summed E-state index contributed by atoms with van der Waals surface area (Å²) in [6.07, 6.45) is 1.26. The zero-order valence-corrected chi connectivity index (χ0v) is 13.7. The molecule has 0 radical (unpaired) electrons. The van der Waals surface area contributed by atoms with E-state index >= 15 is 0 Å². The van der Waals surface area contributed by atoms with E-state index in [1.54, 1.807) is 0 Å². The molecule has 1 N–H and O–H groups in total. The normalized spacial score (nSPS) is 21.8. The molecule has 114 valence electrons. The molecule has 1 fully saturated rings. The summed E-state index contributed by atoms with van der Waals surface area (Å²) in [4.78, 5) is 7.52. The molecule has 0 aromatic rings. The number of piperazine rings is 1. The molecule has 0 aliphatic carbocycles. The third kappa shape index (κ3) is 6.70. The quantitative estimate of drug-likeness (QED) is 0.709. The summed E-state index contributed by atoms with van der Waals surface area (Å²) in [5.41, 5.74) is 0. The summed E-state index contributed by atoms with van der Waals surface area (Å²) in [6.45, 7) is 15.2. The van der Waals surface area contributed by atoms with Gasteiger partial charge in [0.05, 0.1) is 0 Å². The molecular weight excluding hydrogens is 236 g/mol. The van der Waals surface area contributed by atoms with Crippen molar-refractivity contribution < 1.29 is 0 Å². The zero-order valence-electron chi connectivity index (χ0n) is 13.7. The Balaban J connectivity index is 2.21. The van der Waals surface area contributed by atoms with E-state index in [9.17, 15) is 0 Å². The predicted molar refractivity (Wildman–Crippen MR) is 83.8 cm³/mol. The SMILES string of the molecule is CCNC(C)CC(C)N1CCN(CCN(C)C)CC1. The van der Waals surface area contributed by atoms with Gasteiger partial charge < -0.3 is 10.2 Å². The largest absolute Gasteiger partial charge is 0.314 e. The van der Waals surface area contributed by atoms with Gasteiger partial charge in [-0.1, -0.05) is 6.92 Å². The van der Waals surface area contributed by atoms with Gasteiger partial charge in [0.25, 0.3) is 0 Å². The van der Waals surface area contributed by atoms with Crippen LogP contribution in [0.5, 0.6) is 0 Å². The molecule has 1 rings (SSSR count). The van der Waals surface area contributed by atoms with Crippen LogP contribution in [-0.4, -0.2) is 86.7 Å². The lowest BCUT2D eigenvalue weighted by Gasteiger charge is -2.39. The van der Waals surface area contributed by atoms with Crippen LogP contribution in [0.15, 0.2) is 0 Å². The first-order chi connectivity index (χ1) is 9.02. The maximum Gasteiger partial charge on any atom is 0.0113 e. The van der Waals surface area contributed by atoms with Crippen LogP contribution in [0.2, 0.25) is 0 Å². The first-order valence-corrected chi connectivity index (χ1v) is 7.87. The molecule has 2 atom stereocenters. The molecule has 0 aromatic heterocycles. The maximum absolute atomic E-state index is 3.51. The van der Waals surface area contributed by atoms with Gasteiger partial charge in [-0.3, -0.25) is 9.80 Å². The molecule has 4 nitrogen and oxygen atoms in total. The van der Waals surface area contributed by atoms with Crippen molar-refractivity contribution in [2.75, 3.05) is 59.9 Å². The zero-order chi connectivity index (χ0) is 14.3. The number of nitrogens with one attached hydrogen (secondary N) is 1. The van der Waals surface area contributed by atoms with Crippen molar-refractivity contribution in [3.63, 3.8) is 0 Å². The average molecular weight is 270 g/mol. The number of nitrogens with zero attached hydrogens (tertiary/aromatic N) is 3. The Morgan fingerprint density at radius 2 is 1.74 bits per heavy atom. The fourth-order valence-electron chi connectivity index (χ4n) is 2.86. The maximum atomic E-state index is 3.51. The van der Waals surface area contributed by atoms with Gasteiger partial charge in [0.2, 0.25) is 0 Å². The third-order valence-corrected chi connectivity index (χ3v) is 4.14. The van der Waals surface area contributed by atoms with E-state index in [1.165, 1.54) is 45.7 Å². The summed E-state index contributed by atoms with van der Waals surface area (Å²) < 4.78 is 0. The highest BCUT2D eigenvalue weighted by atomic mass is 15.3. The van der Waals surface area contributed by atoms with Gasteiger partial charge >= 0.3 is 0 Å². The van der Waals surface area contributed by atoms with Crippen molar-refractivity contribution >= 4 is 0 Å². The van der Waals surface area contributed by atoms with E-state index in [4.69, 9.17) is 0 Å². The highest BCUT2D eigenvalue weighted by Crippen LogP contribution is 2.10. The first kappa shape index (κ1) is 16.9. The second-order valence-corrected chi connectivity index (χ2v) is 6.22. The lowest BCUT2D eigenvalue weighted by molar-refractivity contribution is 0.0909. The highest BCUT2D eigenvalue weighted by molar-refractivity contribution is 4.79. The minimum absolute atomic E-state index is 0.631. The fraction of sp³-hybridized carbons (Fsp3) is 1.00. The monoisotopic (exact) mass is 270 g/mol. The van der Waals surface area contributed by atoms with Crippen LogP contribution in [0, 0.1) is 0 Å². The number of rotatable bonds is 8. The summed E-state index contributed by atoms with van der Waals surface area (Å²) in [6, 6.07) is 1.33. The molecule has 1 saturated heterocycles. The molecule has 1 aliphatic heterocycles. The third-order valence-electron chi connectivity index (χ3n) is 4.14. The van der Waals surface area contributed by atoms with Crippen LogP contribution in [0.1, 0.15) is 27.2 Å². The van der Waals surface area contributed by atoms with Crippen LogP contribution >= 0.6 is 0 Å². The van der Waals surface area contributed by atoms with Gasteiger partial charge in [0.1, 0.15) is 0 Å². The Labute approximate surface area is 120 Å². The smallest absolute Gasteiger partial charge is 0.0113 e. The topological polar surface area (TPSA) is 21.8 Å². The summed E-state index contributed by atoms with van der Waals surface area (Å²) in [5.74, 6) is 0. The number of likely N-dealkylation sites (N-methyl/N-ethyl adjacent to an activating group) is 1. The van der Waals surface area contributed by atoms with Crippen LogP contribution < -0.4 is 5.32 Å². The van der Waals surface area contributed by atoms with Crippen molar-refractivity contribution in [2.45, 2.75) is 39.3 Å². The Kier molecular flexibility index (Phi) is 7.91. The Morgan fingerprint density at radius 1 is 1.11 bits per heavy atom. The lowest BCUT2D eigenvalue weighted by atomic mass is 10.1. The molecule has 0 amide bonds. The van der Waals surface area contributed by atoms with E-state index in [0.717, 1.165) is 6.54 Å². The van der Waals surface area contributed by atoms with Crippen molar-refractivity contribution in [3.8, 4) is 0 Å². The summed E-state index contributed by atoms with van der Waals surface area (Å²) in [5, 5.41) is 3.51. The molecule has 0 bridgehead atoms. The van der Waals surface area contributed by atoms with Crippen molar-refractivity contribution in [2.24, 2.45) is 0 Å². The summed E-state index contributed by atoms with van der Waals surface area (Å²) >= 11 is 0. The summed E-state index contributed by atoms with van der Waals surface area (Å²) in [7, 11) is 4.31. The van der Waals surface area contributed by atoms with Gasteiger partial charge in [-0.15, -0.1) is 0 Å². The molecule has 4 heteroatoms. The minimum Gasteiger partial charge on any atom is -0.314 e. The molecule has 0 saturated carbocycles. The van der Waals surface area contributed by atoms with Crippen LogP contribution in [0.3, 0.4) is 0 Å². The van der Waals surface area contributed by atoms with Crippen molar-refractivity contribution in [1.82, 2.24) is 20.0 Å². The molecule has 1 heterocycles. The molecule has 2 unspecified atom stereocenters. The van der Waals surface area contributed by atoms with Crippen molar-refractivity contribution in [3.05, 3.63) is 0 Å². The predicted octanol–water partition coefficient (Wildman–Crippen LogP) is 0.942. The second-order valence-electron chi connectivity index (χ2n) is 6.22. The second kappa shape index (κ2) is 8.90. The first-order valence-electron chi connectivity index (χ1n) is 7.87. The Hall–Kier alpha value is -0.160. The average Bonchev–Trinajstić information content (AvgIpc) is 2.37. The van der Waals surface area contributed by atoms with Crippen LogP contribution in [0.4, 0.5) is 0 Å². The van der Waals surface area contributed by atoms with E-state index in [-0.39, 0.29) is 0 Å². The van der Waals surface area contributed by atoms with E-state index in [2.05, 4.69) is 54.9 Å². The highest BCUT2D eigenvalue weighted by Gasteiger charge is 2.21. The minimum atomic E-state index is 0.631. The van der Waals surface area contributed by atoms with E-state index < -0.39 is 0 Å². The lowest BCUT2D eigenvalue weighted by Crippen LogP contribution is -2.51. The molecule has 1 aliphatic rings. The number of hydrogen-bond acceptors (Lipinski definition) is 4. The van der Waals surface area contributed by atoms with Gasteiger partial charge in [0, 0.05) is 51.4 Å². The van der Waals surface area contributed by atoms with Crippen LogP contribution in [0.25, 0.3) is 0 Å². The van der Waals surface area contributed by atoms with Gasteiger partial charge in [-0.2, -0.15) is 0 Å². The van der Waals surface area contributed by atoms with Gasteiger partial charge in [0.15, 0.2) is 0 Å². The Morgan fingerprint density at radius 3 is 2.26 bits per heavy atom. The van der Waals surface area contributed by atoms with E-state index in [0.29, 0.717) is 12.1 Å². The molecular formula is C15H34N4.